The molecule has 0 amide bonds. The van der Waals surface area contributed by atoms with Crippen molar-refractivity contribution in [3.63, 3.8) is 0 Å². The highest BCUT2D eigenvalue weighted by Crippen LogP contribution is 2.64. The van der Waals surface area contributed by atoms with Gasteiger partial charge in [0.05, 0.1) is 36.1 Å². The second-order valence-corrected chi connectivity index (χ2v) is 14.4. The summed E-state index contributed by atoms with van der Waals surface area (Å²) in [5, 5.41) is 11.8. The highest BCUT2D eigenvalue weighted by Gasteiger charge is 2.57. The SMILES string of the molecule is O=S(=O)(Cc1ccccc1)NCCC1C2CC3CC1CC(C(O)CC1c4c(F)cccc4-c4cncn41)(C3)C2. The van der Waals surface area contributed by atoms with E-state index in [9.17, 15) is 13.5 Å². The number of benzene rings is 2. The third-order valence-corrected chi connectivity index (χ3v) is 11.7. The topological polar surface area (TPSA) is 84.2 Å². The van der Waals surface area contributed by atoms with Crippen LogP contribution in [0.25, 0.3) is 11.3 Å². The molecule has 8 heteroatoms. The minimum atomic E-state index is -3.38. The summed E-state index contributed by atoms with van der Waals surface area (Å²) in [6.45, 7) is 0.467. The van der Waals surface area contributed by atoms with Gasteiger partial charge < -0.3 is 9.67 Å². The molecule has 5 aliphatic rings. The minimum absolute atomic E-state index is 0.00621. The number of hydrogen-bond donors (Lipinski definition) is 2. The Labute approximate surface area is 229 Å². The van der Waals surface area contributed by atoms with Crippen molar-refractivity contribution in [3.8, 4) is 11.3 Å². The third-order valence-electron chi connectivity index (χ3n) is 10.3. The number of sulfonamides is 1. The number of nitrogens with zero attached hydrogens (tertiary/aromatic N) is 2. The molecule has 4 aliphatic carbocycles. The average molecular weight is 550 g/mol. The molecule has 6 nitrogen and oxygen atoms in total. The van der Waals surface area contributed by atoms with Gasteiger partial charge in [0.1, 0.15) is 5.82 Å². The van der Waals surface area contributed by atoms with Crippen LogP contribution in [0.4, 0.5) is 4.39 Å². The number of fused-ring (bicyclic) bond motifs is 3. The fraction of sp³-hybridized carbons (Fsp3) is 0.516. The Balaban J connectivity index is 1.03. The van der Waals surface area contributed by atoms with Crippen LogP contribution >= 0.6 is 0 Å². The van der Waals surface area contributed by atoms with Gasteiger partial charge in [0.2, 0.25) is 10.0 Å². The predicted molar refractivity (Wildman–Crippen MR) is 148 cm³/mol. The van der Waals surface area contributed by atoms with Gasteiger partial charge in [-0.15, -0.1) is 0 Å². The number of aliphatic hydroxyl groups is 1. The normalized spacial score (nSPS) is 31.3. The van der Waals surface area contributed by atoms with Crippen LogP contribution in [-0.2, 0) is 15.8 Å². The van der Waals surface area contributed by atoms with Crippen molar-refractivity contribution in [2.45, 2.75) is 62.8 Å². The lowest BCUT2D eigenvalue weighted by atomic mass is 9.44. The van der Waals surface area contributed by atoms with Crippen molar-refractivity contribution in [2.24, 2.45) is 29.1 Å². The average Bonchev–Trinajstić information content (AvgIpc) is 3.49. The summed E-state index contributed by atoms with van der Waals surface area (Å²) in [7, 11) is -3.38. The number of aromatic nitrogens is 2. The van der Waals surface area contributed by atoms with E-state index in [1.807, 2.05) is 41.0 Å². The van der Waals surface area contributed by atoms with E-state index < -0.39 is 16.1 Å². The molecule has 4 fully saturated rings. The first-order valence-corrected chi connectivity index (χ1v) is 16.0. The molecule has 3 aromatic rings. The molecule has 4 unspecified atom stereocenters. The molecule has 1 aromatic heterocycles. The first kappa shape index (κ1) is 25.4. The van der Waals surface area contributed by atoms with Crippen LogP contribution in [0.3, 0.4) is 0 Å². The van der Waals surface area contributed by atoms with E-state index in [1.54, 1.807) is 18.6 Å². The summed E-state index contributed by atoms with van der Waals surface area (Å²) in [4.78, 5) is 4.31. The lowest BCUT2D eigenvalue weighted by Gasteiger charge is -2.62. The number of nitrogens with one attached hydrogen (secondary N) is 1. The van der Waals surface area contributed by atoms with Crippen molar-refractivity contribution < 1.29 is 17.9 Å². The molecule has 39 heavy (non-hydrogen) atoms. The van der Waals surface area contributed by atoms with Crippen molar-refractivity contribution in [2.75, 3.05) is 6.54 Å². The fourth-order valence-corrected chi connectivity index (χ4v) is 10.2. The predicted octanol–water partition coefficient (Wildman–Crippen LogP) is 5.30. The molecule has 2 aromatic carbocycles. The van der Waals surface area contributed by atoms with E-state index in [2.05, 4.69) is 9.71 Å². The van der Waals surface area contributed by atoms with Gasteiger partial charge in [0, 0.05) is 17.7 Å². The molecule has 206 valence electrons. The van der Waals surface area contributed by atoms with Gasteiger partial charge in [-0.2, -0.15) is 0 Å². The maximum Gasteiger partial charge on any atom is 0.215 e. The maximum absolute atomic E-state index is 15.0. The molecule has 8 rings (SSSR count). The number of rotatable bonds is 9. The zero-order valence-electron chi connectivity index (χ0n) is 22.0. The van der Waals surface area contributed by atoms with Crippen molar-refractivity contribution in [3.05, 3.63) is 78.0 Å². The second kappa shape index (κ2) is 9.53. The Bertz CT molecular complexity index is 1460. The Morgan fingerprint density at radius 3 is 2.62 bits per heavy atom. The van der Waals surface area contributed by atoms with Crippen LogP contribution in [0.15, 0.2) is 61.1 Å². The molecule has 2 heterocycles. The van der Waals surface area contributed by atoms with Gasteiger partial charge >= 0.3 is 0 Å². The Hall–Kier alpha value is -2.55. The number of aliphatic hydroxyl groups excluding tert-OH is 1. The minimum Gasteiger partial charge on any atom is -0.392 e. The molecule has 4 saturated carbocycles. The standard InChI is InChI=1S/C31H36FN3O3S/c32-26-8-4-7-25-28-17-33-19-35(28)27(30(25)26)13-29(36)31-14-21-11-22(15-31)24(23(12-21)16-31)9-10-34-39(37,38)18-20-5-2-1-3-6-20/h1-8,17,19,21-24,27,29,34,36H,9-16,18H2. The quantitative estimate of drug-likeness (QED) is 0.380. The largest absolute Gasteiger partial charge is 0.392 e. The molecule has 1 aliphatic heterocycles. The first-order chi connectivity index (χ1) is 18.8. The van der Waals surface area contributed by atoms with E-state index in [1.165, 1.54) is 18.9 Å². The van der Waals surface area contributed by atoms with E-state index in [0.717, 1.165) is 42.5 Å². The summed E-state index contributed by atoms with van der Waals surface area (Å²) >= 11 is 0. The van der Waals surface area contributed by atoms with Crippen molar-refractivity contribution in [1.29, 1.82) is 0 Å². The summed E-state index contributed by atoms with van der Waals surface area (Å²) in [6.07, 6.45) is 9.75. The molecule has 0 spiro atoms. The Morgan fingerprint density at radius 1 is 1.08 bits per heavy atom. The van der Waals surface area contributed by atoms with Crippen LogP contribution in [0.5, 0.6) is 0 Å². The van der Waals surface area contributed by atoms with Crippen LogP contribution in [0, 0.1) is 34.9 Å². The summed E-state index contributed by atoms with van der Waals surface area (Å²) in [5.41, 5.74) is 3.14. The first-order valence-electron chi connectivity index (χ1n) is 14.3. The summed E-state index contributed by atoms with van der Waals surface area (Å²) in [5.74, 6) is 1.94. The van der Waals surface area contributed by atoms with Gasteiger partial charge in [-0.3, -0.25) is 0 Å². The Morgan fingerprint density at radius 2 is 1.85 bits per heavy atom. The van der Waals surface area contributed by atoms with Crippen molar-refractivity contribution >= 4 is 10.0 Å². The highest BCUT2D eigenvalue weighted by molar-refractivity contribution is 7.88. The zero-order chi connectivity index (χ0) is 26.8. The van der Waals surface area contributed by atoms with Crippen LogP contribution in [-0.4, -0.2) is 35.7 Å². The molecular formula is C31H36FN3O3S. The van der Waals surface area contributed by atoms with Gasteiger partial charge in [0.25, 0.3) is 0 Å². The lowest BCUT2D eigenvalue weighted by Crippen LogP contribution is -2.56. The smallest absolute Gasteiger partial charge is 0.215 e. The van der Waals surface area contributed by atoms with E-state index in [-0.39, 0.29) is 23.0 Å². The van der Waals surface area contributed by atoms with Crippen LogP contribution in [0.2, 0.25) is 0 Å². The lowest BCUT2D eigenvalue weighted by molar-refractivity contribution is -0.151. The van der Waals surface area contributed by atoms with E-state index in [0.29, 0.717) is 42.2 Å². The molecule has 0 radical (unpaired) electrons. The molecule has 4 bridgehead atoms. The highest BCUT2D eigenvalue weighted by atomic mass is 32.2. The molecule has 2 N–H and O–H groups in total. The van der Waals surface area contributed by atoms with Gasteiger partial charge in [-0.05, 0) is 85.7 Å². The molecule has 4 atom stereocenters. The fourth-order valence-electron chi connectivity index (χ4n) is 8.99. The molecule has 0 saturated heterocycles. The van der Waals surface area contributed by atoms with E-state index in [4.69, 9.17) is 0 Å². The summed E-state index contributed by atoms with van der Waals surface area (Å²) in [6, 6.07) is 14.3. The van der Waals surface area contributed by atoms with Crippen molar-refractivity contribution in [1.82, 2.24) is 14.3 Å². The second-order valence-electron chi connectivity index (χ2n) is 12.6. The van der Waals surface area contributed by atoms with Crippen LogP contribution < -0.4 is 4.72 Å². The number of hydrogen-bond acceptors (Lipinski definition) is 4. The number of halogens is 1. The Kier molecular flexibility index (Phi) is 6.21. The zero-order valence-corrected chi connectivity index (χ0v) is 22.9. The monoisotopic (exact) mass is 549 g/mol. The van der Waals surface area contributed by atoms with Crippen LogP contribution in [0.1, 0.15) is 62.1 Å². The van der Waals surface area contributed by atoms with Gasteiger partial charge in [-0.1, -0.05) is 42.5 Å². The maximum atomic E-state index is 15.0. The summed E-state index contributed by atoms with van der Waals surface area (Å²) < 4.78 is 45.2. The molecular weight excluding hydrogens is 513 g/mol. The van der Waals surface area contributed by atoms with Gasteiger partial charge in [0.15, 0.2) is 0 Å². The number of imidazole rings is 1. The third kappa shape index (κ3) is 4.45. The van der Waals surface area contributed by atoms with E-state index >= 15 is 4.39 Å². The van der Waals surface area contributed by atoms with Gasteiger partial charge in [-0.25, -0.2) is 22.5 Å².